The van der Waals surface area contributed by atoms with Crippen molar-refractivity contribution >= 4 is 11.9 Å². The van der Waals surface area contributed by atoms with Gasteiger partial charge in [0.25, 0.3) is 5.91 Å². The third-order valence-electron chi connectivity index (χ3n) is 4.86. The zero-order chi connectivity index (χ0) is 18.8. The molecule has 0 aliphatic carbocycles. The number of hydrogen-bond donors (Lipinski definition) is 1. The van der Waals surface area contributed by atoms with E-state index in [2.05, 4.69) is 10.2 Å². The van der Waals surface area contributed by atoms with Crippen LogP contribution in [-0.2, 0) is 0 Å². The van der Waals surface area contributed by atoms with E-state index >= 15 is 0 Å². The summed E-state index contributed by atoms with van der Waals surface area (Å²) in [5.74, 6) is -1.00. The SMILES string of the molecule is O=C(O)c1cnn(C2CCN(C(=O)c3ccccc3-n3cccn3)CC2)c1. The molecule has 1 aliphatic heterocycles. The second-order valence-corrected chi connectivity index (χ2v) is 6.51. The van der Waals surface area contributed by atoms with Gasteiger partial charge in [-0.15, -0.1) is 0 Å². The average molecular weight is 365 g/mol. The summed E-state index contributed by atoms with van der Waals surface area (Å²) in [5, 5.41) is 17.4. The number of carbonyl (C=O) groups excluding carboxylic acids is 1. The van der Waals surface area contributed by atoms with E-state index in [1.54, 1.807) is 21.8 Å². The van der Waals surface area contributed by atoms with Gasteiger partial charge in [0, 0.05) is 31.7 Å². The maximum atomic E-state index is 13.0. The smallest absolute Gasteiger partial charge is 0.338 e. The number of piperidine rings is 1. The van der Waals surface area contributed by atoms with Crippen LogP contribution in [0.15, 0.2) is 55.1 Å². The predicted molar refractivity (Wildman–Crippen MR) is 96.9 cm³/mol. The molecule has 4 rings (SSSR count). The molecule has 1 N–H and O–H groups in total. The molecular weight excluding hydrogens is 346 g/mol. The molecule has 8 heteroatoms. The molecule has 3 aromatic rings. The Hall–Kier alpha value is -3.42. The minimum atomic E-state index is -0.982. The molecule has 8 nitrogen and oxygen atoms in total. The first kappa shape index (κ1) is 17.0. The molecule has 0 bridgehead atoms. The number of benzene rings is 1. The molecule has 27 heavy (non-hydrogen) atoms. The van der Waals surface area contributed by atoms with Crippen molar-refractivity contribution < 1.29 is 14.7 Å². The Kier molecular flexibility index (Phi) is 4.45. The molecule has 0 saturated carbocycles. The van der Waals surface area contributed by atoms with E-state index in [0.29, 0.717) is 18.7 Å². The van der Waals surface area contributed by atoms with Gasteiger partial charge in [0.05, 0.1) is 29.1 Å². The molecule has 3 heterocycles. The van der Waals surface area contributed by atoms with Crippen molar-refractivity contribution in [2.75, 3.05) is 13.1 Å². The van der Waals surface area contributed by atoms with Gasteiger partial charge in [-0.1, -0.05) is 12.1 Å². The fourth-order valence-corrected chi connectivity index (χ4v) is 3.42. The first-order chi connectivity index (χ1) is 13.1. The van der Waals surface area contributed by atoms with Crippen LogP contribution in [0.4, 0.5) is 0 Å². The second kappa shape index (κ2) is 7.06. The lowest BCUT2D eigenvalue weighted by atomic mass is 10.0. The third kappa shape index (κ3) is 3.33. The Labute approximate surface area is 155 Å². The summed E-state index contributed by atoms with van der Waals surface area (Å²) in [4.78, 5) is 25.9. The lowest BCUT2D eigenvalue weighted by Gasteiger charge is -2.32. The highest BCUT2D eigenvalue weighted by molar-refractivity contribution is 5.97. The number of nitrogens with zero attached hydrogens (tertiary/aromatic N) is 5. The normalized spacial score (nSPS) is 15.0. The quantitative estimate of drug-likeness (QED) is 0.765. The van der Waals surface area contributed by atoms with Crippen LogP contribution in [0.25, 0.3) is 5.69 Å². The summed E-state index contributed by atoms with van der Waals surface area (Å²) in [7, 11) is 0. The van der Waals surface area contributed by atoms with E-state index in [9.17, 15) is 9.59 Å². The molecule has 0 unspecified atom stereocenters. The van der Waals surface area contributed by atoms with E-state index in [1.807, 2.05) is 41.4 Å². The van der Waals surface area contributed by atoms with Crippen molar-refractivity contribution in [3.8, 4) is 5.69 Å². The molecule has 1 amide bonds. The van der Waals surface area contributed by atoms with Crippen molar-refractivity contribution in [1.29, 1.82) is 0 Å². The molecule has 1 aromatic carbocycles. The van der Waals surface area contributed by atoms with Crippen LogP contribution in [0, 0.1) is 0 Å². The van der Waals surface area contributed by atoms with E-state index in [1.165, 1.54) is 6.20 Å². The summed E-state index contributed by atoms with van der Waals surface area (Å²) in [6, 6.07) is 9.36. The van der Waals surface area contributed by atoms with Crippen LogP contribution in [0.1, 0.15) is 39.6 Å². The molecule has 0 atom stereocenters. The highest BCUT2D eigenvalue weighted by atomic mass is 16.4. The Morgan fingerprint density at radius 2 is 1.85 bits per heavy atom. The molecule has 1 aliphatic rings. The highest BCUT2D eigenvalue weighted by Gasteiger charge is 2.27. The Morgan fingerprint density at radius 3 is 2.52 bits per heavy atom. The van der Waals surface area contributed by atoms with Crippen LogP contribution in [-0.4, -0.2) is 54.5 Å². The van der Waals surface area contributed by atoms with Crippen molar-refractivity contribution in [2.45, 2.75) is 18.9 Å². The van der Waals surface area contributed by atoms with Gasteiger partial charge < -0.3 is 10.0 Å². The van der Waals surface area contributed by atoms with Gasteiger partial charge in [-0.05, 0) is 31.0 Å². The number of carbonyl (C=O) groups is 2. The first-order valence-corrected chi connectivity index (χ1v) is 8.79. The summed E-state index contributed by atoms with van der Waals surface area (Å²) in [5.41, 5.74) is 1.56. The van der Waals surface area contributed by atoms with E-state index in [-0.39, 0.29) is 17.5 Å². The summed E-state index contributed by atoms with van der Waals surface area (Å²) in [6.07, 6.45) is 7.88. The number of hydrogen-bond acceptors (Lipinski definition) is 4. The van der Waals surface area contributed by atoms with E-state index in [4.69, 9.17) is 5.11 Å². The molecule has 1 fully saturated rings. The number of carboxylic acid groups (broad SMARTS) is 1. The Balaban J connectivity index is 1.47. The van der Waals surface area contributed by atoms with Gasteiger partial charge in [0.1, 0.15) is 0 Å². The zero-order valence-corrected chi connectivity index (χ0v) is 14.6. The van der Waals surface area contributed by atoms with Gasteiger partial charge in [-0.3, -0.25) is 9.48 Å². The minimum Gasteiger partial charge on any atom is -0.478 e. The summed E-state index contributed by atoms with van der Waals surface area (Å²) in [6.45, 7) is 1.19. The van der Waals surface area contributed by atoms with Gasteiger partial charge >= 0.3 is 5.97 Å². The monoisotopic (exact) mass is 365 g/mol. The average Bonchev–Trinajstić information content (AvgIpc) is 3.40. The molecule has 0 radical (unpaired) electrons. The zero-order valence-electron chi connectivity index (χ0n) is 14.6. The first-order valence-electron chi connectivity index (χ1n) is 8.79. The molecular formula is C19H19N5O3. The number of carboxylic acids is 1. The van der Waals surface area contributed by atoms with Crippen LogP contribution < -0.4 is 0 Å². The lowest BCUT2D eigenvalue weighted by molar-refractivity contribution is 0.0688. The Bertz CT molecular complexity index is 955. The maximum absolute atomic E-state index is 13.0. The second-order valence-electron chi connectivity index (χ2n) is 6.51. The standard InChI is InChI=1S/C19H19N5O3/c25-18(16-4-1-2-5-17(16)23-9-3-8-20-23)22-10-6-15(7-11-22)24-13-14(12-21-24)19(26)27/h1-5,8-9,12-13,15H,6-7,10-11H2,(H,26,27). The van der Waals surface area contributed by atoms with Crippen molar-refractivity contribution in [3.05, 3.63) is 66.2 Å². The van der Waals surface area contributed by atoms with Crippen molar-refractivity contribution in [2.24, 2.45) is 0 Å². The number of likely N-dealkylation sites (tertiary alicyclic amines) is 1. The third-order valence-corrected chi connectivity index (χ3v) is 4.86. The number of rotatable bonds is 4. The maximum Gasteiger partial charge on any atom is 0.338 e. The molecule has 0 spiro atoms. The molecule has 2 aromatic heterocycles. The van der Waals surface area contributed by atoms with Gasteiger partial charge in [0.15, 0.2) is 0 Å². The van der Waals surface area contributed by atoms with Crippen molar-refractivity contribution in [1.82, 2.24) is 24.5 Å². The molecule has 1 saturated heterocycles. The fraction of sp³-hybridized carbons (Fsp3) is 0.263. The Morgan fingerprint density at radius 1 is 1.07 bits per heavy atom. The largest absolute Gasteiger partial charge is 0.478 e. The summed E-state index contributed by atoms with van der Waals surface area (Å²) < 4.78 is 3.39. The highest BCUT2D eigenvalue weighted by Crippen LogP contribution is 2.25. The number of aromatic carboxylic acids is 1. The predicted octanol–water partition coefficient (Wildman–Crippen LogP) is 2.24. The van der Waals surface area contributed by atoms with Crippen LogP contribution in [0.3, 0.4) is 0 Å². The van der Waals surface area contributed by atoms with E-state index < -0.39 is 5.97 Å². The lowest BCUT2D eigenvalue weighted by Crippen LogP contribution is -2.39. The fourth-order valence-electron chi connectivity index (χ4n) is 3.42. The van der Waals surface area contributed by atoms with Gasteiger partial charge in [0.2, 0.25) is 0 Å². The van der Waals surface area contributed by atoms with Crippen LogP contribution in [0.2, 0.25) is 0 Å². The number of aromatic nitrogens is 4. The van der Waals surface area contributed by atoms with E-state index in [0.717, 1.165) is 18.5 Å². The number of amides is 1. The van der Waals surface area contributed by atoms with Gasteiger partial charge in [-0.25, -0.2) is 9.48 Å². The van der Waals surface area contributed by atoms with Crippen LogP contribution >= 0.6 is 0 Å². The topological polar surface area (TPSA) is 93.3 Å². The van der Waals surface area contributed by atoms with Gasteiger partial charge in [-0.2, -0.15) is 10.2 Å². The number of para-hydroxylation sites is 1. The minimum absolute atomic E-state index is 0.0220. The molecule has 138 valence electrons. The summed E-state index contributed by atoms with van der Waals surface area (Å²) >= 11 is 0. The van der Waals surface area contributed by atoms with Crippen LogP contribution in [0.5, 0.6) is 0 Å². The van der Waals surface area contributed by atoms with Crippen molar-refractivity contribution in [3.63, 3.8) is 0 Å².